The lowest BCUT2D eigenvalue weighted by Crippen LogP contribution is -2.25. The van der Waals surface area contributed by atoms with E-state index in [1.807, 2.05) is 6.92 Å². The van der Waals surface area contributed by atoms with E-state index in [9.17, 15) is 4.79 Å². The van der Waals surface area contributed by atoms with Crippen molar-refractivity contribution in [2.45, 2.75) is 6.92 Å². The molecule has 1 aromatic heterocycles. The van der Waals surface area contributed by atoms with Gasteiger partial charge in [-0.15, -0.1) is 11.3 Å². The number of carbonyl (C=O) groups excluding carboxylic acids is 1. The molecule has 0 aliphatic carbocycles. The maximum absolute atomic E-state index is 10.5. The van der Waals surface area contributed by atoms with E-state index >= 15 is 0 Å². The molecule has 11 heavy (non-hydrogen) atoms. The molecule has 1 heterocycles. The average Bonchev–Trinajstić information content (AvgIpc) is 2.37. The van der Waals surface area contributed by atoms with Gasteiger partial charge in [-0.2, -0.15) is 0 Å². The van der Waals surface area contributed by atoms with Crippen LogP contribution >= 0.6 is 11.3 Å². The van der Waals surface area contributed by atoms with E-state index in [1.165, 1.54) is 16.8 Å². The van der Waals surface area contributed by atoms with Crippen LogP contribution in [0.5, 0.6) is 0 Å². The summed E-state index contributed by atoms with van der Waals surface area (Å²) in [6, 6.07) is -0.681. The minimum atomic E-state index is -0.681. The summed E-state index contributed by atoms with van der Waals surface area (Å²) in [6.07, 6.45) is 0. The Morgan fingerprint density at radius 3 is 3.00 bits per heavy atom. The zero-order valence-electron chi connectivity index (χ0n) is 5.79. The molecule has 0 unspecified atom stereocenters. The Balaban J connectivity index is 2.64. The number of anilines is 1. The Bertz CT molecular complexity index is 260. The molecule has 3 N–H and O–H groups in total. The van der Waals surface area contributed by atoms with Gasteiger partial charge in [0.1, 0.15) is 5.82 Å². The summed E-state index contributed by atoms with van der Waals surface area (Å²) in [7, 11) is 0. The van der Waals surface area contributed by atoms with Crippen LogP contribution in [0.15, 0.2) is 5.51 Å². The van der Waals surface area contributed by atoms with Crippen molar-refractivity contribution in [2.24, 2.45) is 0 Å². The number of nitrogens with one attached hydrogen (secondary N) is 2. The maximum atomic E-state index is 10.5. The number of hydroxylamine groups is 1. The molecule has 2 amide bonds. The van der Waals surface area contributed by atoms with Gasteiger partial charge in [-0.3, -0.25) is 10.5 Å². The highest BCUT2D eigenvalue weighted by Crippen LogP contribution is 2.15. The van der Waals surface area contributed by atoms with Gasteiger partial charge in [-0.05, 0) is 6.92 Å². The second kappa shape index (κ2) is 3.31. The fourth-order valence-corrected chi connectivity index (χ4v) is 1.09. The second-order valence-electron chi connectivity index (χ2n) is 1.82. The molecule has 0 aromatic carbocycles. The monoisotopic (exact) mass is 173 g/mol. The molecule has 1 rings (SSSR count). The van der Waals surface area contributed by atoms with Crippen LogP contribution in [0.4, 0.5) is 10.6 Å². The Morgan fingerprint density at radius 2 is 2.55 bits per heavy atom. The van der Waals surface area contributed by atoms with Gasteiger partial charge in [0.25, 0.3) is 0 Å². The SMILES string of the molecule is Cc1scnc1NC(=O)NO. The van der Waals surface area contributed by atoms with E-state index in [4.69, 9.17) is 5.21 Å². The summed E-state index contributed by atoms with van der Waals surface area (Å²) in [6.45, 7) is 1.82. The smallest absolute Gasteiger partial charge is 0.290 e. The third-order valence-electron chi connectivity index (χ3n) is 1.08. The molecule has 5 nitrogen and oxygen atoms in total. The van der Waals surface area contributed by atoms with Crippen LogP contribution in [-0.4, -0.2) is 16.2 Å². The molecular weight excluding hydrogens is 166 g/mol. The summed E-state index contributed by atoms with van der Waals surface area (Å²) in [5.41, 5.74) is 3.06. The lowest BCUT2D eigenvalue weighted by molar-refractivity contribution is 0.172. The molecule has 0 fully saturated rings. The molecule has 0 aliphatic heterocycles. The molecule has 0 aliphatic rings. The third-order valence-corrected chi connectivity index (χ3v) is 1.84. The van der Waals surface area contributed by atoms with Gasteiger partial charge in [0.05, 0.1) is 5.51 Å². The zero-order chi connectivity index (χ0) is 8.27. The number of rotatable bonds is 1. The molecule has 6 heteroatoms. The minimum absolute atomic E-state index is 0.474. The van der Waals surface area contributed by atoms with Gasteiger partial charge in [-0.25, -0.2) is 15.3 Å². The fourth-order valence-electron chi connectivity index (χ4n) is 0.561. The Labute approximate surface area is 67.0 Å². The molecule has 0 spiro atoms. The van der Waals surface area contributed by atoms with E-state index in [0.717, 1.165) is 4.88 Å². The van der Waals surface area contributed by atoms with Gasteiger partial charge in [0.15, 0.2) is 0 Å². The van der Waals surface area contributed by atoms with Crippen LogP contribution in [0.25, 0.3) is 0 Å². The highest BCUT2D eigenvalue weighted by molar-refractivity contribution is 7.10. The lowest BCUT2D eigenvalue weighted by atomic mass is 10.5. The average molecular weight is 173 g/mol. The minimum Gasteiger partial charge on any atom is -0.290 e. The Kier molecular flexibility index (Phi) is 2.40. The highest BCUT2D eigenvalue weighted by Gasteiger charge is 2.03. The first-order chi connectivity index (χ1) is 5.24. The summed E-state index contributed by atoms with van der Waals surface area (Å²) in [4.78, 5) is 15.3. The highest BCUT2D eigenvalue weighted by atomic mass is 32.1. The summed E-state index contributed by atoms with van der Waals surface area (Å²) in [5.74, 6) is 0.474. The van der Waals surface area contributed by atoms with E-state index in [2.05, 4.69) is 10.3 Å². The molecule has 60 valence electrons. The van der Waals surface area contributed by atoms with Crippen molar-refractivity contribution in [3.63, 3.8) is 0 Å². The molecule has 0 atom stereocenters. The molecule has 0 radical (unpaired) electrons. The topological polar surface area (TPSA) is 74.2 Å². The number of carbonyl (C=O) groups is 1. The first-order valence-corrected chi connectivity index (χ1v) is 3.73. The second-order valence-corrected chi connectivity index (χ2v) is 2.88. The first kappa shape index (κ1) is 7.96. The number of hydrogen-bond acceptors (Lipinski definition) is 4. The van der Waals surface area contributed by atoms with Gasteiger partial charge in [-0.1, -0.05) is 0 Å². The first-order valence-electron chi connectivity index (χ1n) is 2.85. The summed E-state index contributed by atoms with van der Waals surface area (Å²) in [5, 5.41) is 10.5. The number of amides is 2. The van der Waals surface area contributed by atoms with Crippen LogP contribution in [0, 0.1) is 6.92 Å². The zero-order valence-corrected chi connectivity index (χ0v) is 6.60. The molecule has 1 aromatic rings. The van der Waals surface area contributed by atoms with Crippen molar-refractivity contribution in [2.75, 3.05) is 5.32 Å². The standard InChI is InChI=1S/C5H7N3O2S/c1-3-4(6-2-11-3)7-5(9)8-10/h2,10H,1H3,(H2,7,8,9). The van der Waals surface area contributed by atoms with E-state index in [1.54, 1.807) is 5.51 Å². The Hall–Kier alpha value is -1.14. The predicted molar refractivity (Wildman–Crippen MR) is 40.8 cm³/mol. The molecule has 0 saturated heterocycles. The normalized spacial score (nSPS) is 9.27. The van der Waals surface area contributed by atoms with Crippen LogP contribution in [0.1, 0.15) is 4.88 Å². The van der Waals surface area contributed by atoms with Crippen LogP contribution in [0.3, 0.4) is 0 Å². The number of urea groups is 1. The number of aryl methyl sites for hydroxylation is 1. The largest absolute Gasteiger partial charge is 0.344 e. The maximum Gasteiger partial charge on any atom is 0.344 e. The molecule has 0 saturated carbocycles. The van der Waals surface area contributed by atoms with Crippen LogP contribution < -0.4 is 10.8 Å². The van der Waals surface area contributed by atoms with Crippen molar-refractivity contribution >= 4 is 23.2 Å². The summed E-state index contributed by atoms with van der Waals surface area (Å²) >= 11 is 1.42. The van der Waals surface area contributed by atoms with Gasteiger partial charge in [0, 0.05) is 4.88 Å². The van der Waals surface area contributed by atoms with Gasteiger partial charge < -0.3 is 0 Å². The van der Waals surface area contributed by atoms with E-state index in [-0.39, 0.29) is 0 Å². The van der Waals surface area contributed by atoms with Crippen molar-refractivity contribution in [1.29, 1.82) is 0 Å². The van der Waals surface area contributed by atoms with Crippen molar-refractivity contribution in [3.05, 3.63) is 10.4 Å². The third kappa shape index (κ3) is 1.89. The quantitative estimate of drug-likeness (QED) is 0.437. The number of hydrogen-bond donors (Lipinski definition) is 3. The van der Waals surface area contributed by atoms with Crippen LogP contribution in [-0.2, 0) is 0 Å². The number of nitrogens with zero attached hydrogens (tertiary/aromatic N) is 1. The van der Waals surface area contributed by atoms with E-state index < -0.39 is 6.03 Å². The predicted octanol–water partition coefficient (Wildman–Crippen LogP) is 0.962. The number of thiazole rings is 1. The van der Waals surface area contributed by atoms with Crippen LogP contribution in [0.2, 0.25) is 0 Å². The van der Waals surface area contributed by atoms with Crippen molar-refractivity contribution < 1.29 is 10.0 Å². The van der Waals surface area contributed by atoms with E-state index in [0.29, 0.717) is 5.82 Å². The Morgan fingerprint density at radius 1 is 1.82 bits per heavy atom. The summed E-state index contributed by atoms with van der Waals surface area (Å²) < 4.78 is 0. The fraction of sp³-hybridized carbons (Fsp3) is 0.200. The molecular formula is C5H7N3O2S. The van der Waals surface area contributed by atoms with Crippen molar-refractivity contribution in [1.82, 2.24) is 10.5 Å². The lowest BCUT2D eigenvalue weighted by Gasteiger charge is -1.98. The van der Waals surface area contributed by atoms with Gasteiger partial charge in [0.2, 0.25) is 0 Å². The molecule has 0 bridgehead atoms. The number of aromatic nitrogens is 1. The van der Waals surface area contributed by atoms with Gasteiger partial charge >= 0.3 is 6.03 Å². The van der Waals surface area contributed by atoms with Crippen molar-refractivity contribution in [3.8, 4) is 0 Å².